The molecule has 3 aliphatic rings. The van der Waals surface area contributed by atoms with Gasteiger partial charge >= 0.3 is 6.09 Å². The van der Waals surface area contributed by atoms with E-state index in [0.717, 1.165) is 45.8 Å². The molecule has 214 valence electrons. The number of rotatable bonds is 5. The first-order valence-electron chi connectivity index (χ1n) is 14.2. The maximum Gasteiger partial charge on any atom is 0.407 e. The summed E-state index contributed by atoms with van der Waals surface area (Å²) in [6.07, 6.45) is 3.08. The fourth-order valence-electron chi connectivity index (χ4n) is 5.32. The quantitative estimate of drug-likeness (QED) is 0.445. The highest BCUT2D eigenvalue weighted by Gasteiger charge is 2.31. The number of amides is 3. The second-order valence-electron chi connectivity index (χ2n) is 11.9. The second-order valence-corrected chi connectivity index (χ2v) is 12.9. The van der Waals surface area contributed by atoms with Gasteiger partial charge in [0.2, 0.25) is 0 Å². The lowest BCUT2D eigenvalue weighted by Crippen LogP contribution is -2.40. The van der Waals surface area contributed by atoms with E-state index in [9.17, 15) is 14.4 Å². The van der Waals surface area contributed by atoms with Gasteiger partial charge in [-0.05, 0) is 76.3 Å². The Morgan fingerprint density at radius 3 is 2.56 bits per heavy atom. The smallest absolute Gasteiger partial charge is 0.407 e. The maximum absolute atomic E-state index is 13.9. The molecular formula is C31H35N5O4S. The molecule has 0 unspecified atom stereocenters. The standard InChI is InChI=1S/C31H35N5O4S/c1-31(2,3)40-30(39)33-21-14-15-35(18-21)26-10-6-8-23(34-26)29(38)36-16-13-19-17-25(28(37)32-20-11-12-20)41-27(19)22-7-4-5-9-24(22)36/h4-10,17,20-21H,11-16,18H2,1-3H3,(H,32,37)(H,33,39)/t21-/m0/s1. The van der Waals surface area contributed by atoms with E-state index in [4.69, 9.17) is 9.72 Å². The molecule has 0 spiro atoms. The Kier molecular flexibility index (Phi) is 7.19. The summed E-state index contributed by atoms with van der Waals surface area (Å²) >= 11 is 1.49. The average Bonchev–Trinajstić information content (AvgIpc) is 3.49. The van der Waals surface area contributed by atoms with Crippen molar-refractivity contribution in [1.82, 2.24) is 15.6 Å². The van der Waals surface area contributed by atoms with E-state index < -0.39 is 11.7 Å². The van der Waals surface area contributed by atoms with Gasteiger partial charge in [-0.3, -0.25) is 9.59 Å². The van der Waals surface area contributed by atoms with E-state index in [2.05, 4.69) is 15.5 Å². The molecule has 1 atom stereocenters. The van der Waals surface area contributed by atoms with Crippen LogP contribution in [0.4, 0.5) is 16.3 Å². The molecule has 10 heteroatoms. The molecular weight excluding hydrogens is 538 g/mol. The topological polar surface area (TPSA) is 104 Å². The van der Waals surface area contributed by atoms with Gasteiger partial charge in [0, 0.05) is 36.1 Å². The Labute approximate surface area is 243 Å². The molecule has 3 aromatic rings. The van der Waals surface area contributed by atoms with Crippen LogP contribution in [0, 0.1) is 0 Å². The van der Waals surface area contributed by atoms with E-state index in [1.54, 1.807) is 11.0 Å². The molecule has 0 radical (unpaired) electrons. The van der Waals surface area contributed by atoms with E-state index in [0.29, 0.717) is 43.6 Å². The summed E-state index contributed by atoms with van der Waals surface area (Å²) in [6, 6.07) is 15.6. The number of thiophene rings is 1. The lowest BCUT2D eigenvalue weighted by atomic mass is 10.1. The fourth-order valence-corrected chi connectivity index (χ4v) is 6.47. The number of hydrogen-bond acceptors (Lipinski definition) is 7. The number of benzene rings is 1. The number of nitrogens with zero attached hydrogens (tertiary/aromatic N) is 3. The first kappa shape index (κ1) is 27.3. The molecule has 1 aliphatic carbocycles. The number of carbonyl (C=O) groups excluding carboxylic acids is 3. The Hall–Kier alpha value is -3.92. The lowest BCUT2D eigenvalue weighted by Gasteiger charge is -2.24. The molecule has 4 heterocycles. The number of fused-ring (bicyclic) bond motifs is 3. The molecule has 6 rings (SSSR count). The van der Waals surface area contributed by atoms with Crippen molar-refractivity contribution < 1.29 is 19.1 Å². The third-order valence-electron chi connectivity index (χ3n) is 7.42. The van der Waals surface area contributed by atoms with E-state index in [-0.39, 0.29) is 17.9 Å². The molecule has 2 N–H and O–H groups in total. The Morgan fingerprint density at radius 2 is 1.78 bits per heavy atom. The molecule has 41 heavy (non-hydrogen) atoms. The normalized spacial score (nSPS) is 18.3. The molecule has 1 saturated heterocycles. The number of anilines is 2. The van der Waals surface area contributed by atoms with Gasteiger partial charge in [-0.1, -0.05) is 24.3 Å². The van der Waals surface area contributed by atoms with Crippen molar-refractivity contribution in [2.45, 2.75) is 64.1 Å². The van der Waals surface area contributed by atoms with Crippen molar-refractivity contribution in [1.29, 1.82) is 0 Å². The van der Waals surface area contributed by atoms with Crippen molar-refractivity contribution >= 4 is 40.7 Å². The van der Waals surface area contributed by atoms with Crippen molar-refractivity contribution in [3.63, 3.8) is 0 Å². The van der Waals surface area contributed by atoms with Gasteiger partial charge < -0.3 is 25.2 Å². The van der Waals surface area contributed by atoms with Gasteiger partial charge in [0.15, 0.2) is 0 Å². The molecule has 0 bridgehead atoms. The summed E-state index contributed by atoms with van der Waals surface area (Å²) in [5, 5.41) is 6.03. The third-order valence-corrected chi connectivity index (χ3v) is 8.63. The van der Waals surface area contributed by atoms with Crippen molar-refractivity contribution in [3.8, 4) is 10.4 Å². The SMILES string of the molecule is CC(C)(C)OC(=O)N[C@H]1CCN(c2cccc(C(=O)N3CCc4cc(C(=O)NC5CC5)sc4-c4ccccc43)n2)C1. The Morgan fingerprint density at radius 1 is 0.976 bits per heavy atom. The number of hydrogen-bond donors (Lipinski definition) is 2. The van der Waals surface area contributed by atoms with Crippen LogP contribution >= 0.6 is 11.3 Å². The van der Waals surface area contributed by atoms with Crippen LogP contribution in [0.25, 0.3) is 10.4 Å². The van der Waals surface area contributed by atoms with Gasteiger partial charge in [0.1, 0.15) is 17.1 Å². The Balaban J connectivity index is 1.19. The molecule has 1 aromatic carbocycles. The minimum Gasteiger partial charge on any atom is -0.444 e. The van der Waals surface area contributed by atoms with Gasteiger partial charge in [-0.15, -0.1) is 11.3 Å². The summed E-state index contributed by atoms with van der Waals surface area (Å²) in [6.45, 7) is 7.32. The summed E-state index contributed by atoms with van der Waals surface area (Å²) in [5.74, 6) is 0.532. The highest BCUT2D eigenvalue weighted by atomic mass is 32.1. The summed E-state index contributed by atoms with van der Waals surface area (Å²) in [7, 11) is 0. The van der Waals surface area contributed by atoms with Crippen LogP contribution in [-0.4, -0.2) is 60.2 Å². The third kappa shape index (κ3) is 6.07. The molecule has 3 amide bonds. The van der Waals surface area contributed by atoms with E-state index >= 15 is 0 Å². The van der Waals surface area contributed by atoms with Crippen LogP contribution in [0.3, 0.4) is 0 Å². The summed E-state index contributed by atoms with van der Waals surface area (Å²) in [4.78, 5) is 49.3. The number of nitrogens with one attached hydrogen (secondary N) is 2. The second kappa shape index (κ2) is 10.8. The average molecular weight is 574 g/mol. The zero-order valence-corrected chi connectivity index (χ0v) is 24.4. The maximum atomic E-state index is 13.9. The monoisotopic (exact) mass is 573 g/mol. The predicted molar refractivity (Wildman–Crippen MR) is 160 cm³/mol. The molecule has 9 nitrogen and oxygen atoms in total. The minimum atomic E-state index is -0.553. The minimum absolute atomic E-state index is 0.0116. The van der Waals surface area contributed by atoms with Crippen molar-refractivity contribution in [3.05, 3.63) is 64.7 Å². The molecule has 1 saturated carbocycles. The highest BCUT2D eigenvalue weighted by molar-refractivity contribution is 7.17. The van der Waals surface area contributed by atoms with Gasteiger partial charge in [0.05, 0.1) is 16.6 Å². The van der Waals surface area contributed by atoms with Crippen LogP contribution in [0.2, 0.25) is 0 Å². The zero-order valence-electron chi connectivity index (χ0n) is 23.6. The van der Waals surface area contributed by atoms with Gasteiger partial charge in [0.25, 0.3) is 11.8 Å². The van der Waals surface area contributed by atoms with Crippen molar-refractivity contribution in [2.75, 3.05) is 29.4 Å². The van der Waals surface area contributed by atoms with Crippen LogP contribution in [0.5, 0.6) is 0 Å². The van der Waals surface area contributed by atoms with Crippen LogP contribution in [0.1, 0.15) is 65.8 Å². The van der Waals surface area contributed by atoms with Crippen molar-refractivity contribution in [2.24, 2.45) is 0 Å². The highest BCUT2D eigenvalue weighted by Crippen LogP contribution is 2.42. The number of pyridine rings is 1. The van der Waals surface area contributed by atoms with Gasteiger partial charge in [-0.25, -0.2) is 9.78 Å². The van der Waals surface area contributed by atoms with Gasteiger partial charge in [-0.2, -0.15) is 0 Å². The number of ether oxygens (including phenoxy) is 1. The van der Waals surface area contributed by atoms with Crippen LogP contribution in [0.15, 0.2) is 48.5 Å². The first-order valence-corrected chi connectivity index (χ1v) is 15.0. The van der Waals surface area contributed by atoms with E-state index in [1.807, 2.05) is 63.2 Å². The van der Waals surface area contributed by atoms with Crippen LogP contribution < -0.4 is 20.4 Å². The molecule has 2 aromatic heterocycles. The molecule has 2 aliphatic heterocycles. The lowest BCUT2D eigenvalue weighted by molar-refractivity contribution is 0.0508. The largest absolute Gasteiger partial charge is 0.444 e. The Bertz CT molecular complexity index is 1490. The zero-order chi connectivity index (χ0) is 28.7. The van der Waals surface area contributed by atoms with E-state index in [1.165, 1.54) is 11.3 Å². The number of para-hydroxylation sites is 1. The summed E-state index contributed by atoms with van der Waals surface area (Å²) in [5.41, 5.74) is 2.68. The predicted octanol–water partition coefficient (Wildman–Crippen LogP) is 5.01. The number of carbonyl (C=O) groups is 3. The number of aromatic nitrogens is 1. The van der Waals surface area contributed by atoms with Crippen LogP contribution in [-0.2, 0) is 11.2 Å². The first-order chi connectivity index (χ1) is 19.6. The summed E-state index contributed by atoms with van der Waals surface area (Å²) < 4.78 is 5.40. The number of alkyl carbamates (subject to hydrolysis) is 1. The fraction of sp³-hybridized carbons (Fsp3) is 0.419. The molecule has 2 fully saturated rings.